The van der Waals surface area contributed by atoms with Gasteiger partial charge in [0.25, 0.3) is 0 Å². The highest BCUT2D eigenvalue weighted by molar-refractivity contribution is 6.21. The van der Waals surface area contributed by atoms with Crippen molar-refractivity contribution in [2.24, 2.45) is 10.9 Å². The zero-order chi connectivity index (χ0) is 29.5. The van der Waals surface area contributed by atoms with E-state index in [0.29, 0.717) is 5.92 Å². The van der Waals surface area contributed by atoms with Gasteiger partial charge in [0, 0.05) is 5.71 Å². The van der Waals surface area contributed by atoms with Gasteiger partial charge in [0.2, 0.25) is 0 Å². The van der Waals surface area contributed by atoms with Gasteiger partial charge in [-0.3, -0.25) is 4.99 Å². The number of fused-ring (bicyclic) bond motifs is 3. The van der Waals surface area contributed by atoms with E-state index in [1.807, 2.05) is 0 Å². The molecule has 7 aromatic carbocycles. The van der Waals surface area contributed by atoms with Gasteiger partial charge in [0.15, 0.2) is 0 Å². The maximum absolute atomic E-state index is 5.04. The molecule has 0 saturated heterocycles. The fourth-order valence-electron chi connectivity index (χ4n) is 6.25. The van der Waals surface area contributed by atoms with Gasteiger partial charge >= 0.3 is 0 Å². The smallest absolute Gasteiger partial charge is 0.0664 e. The van der Waals surface area contributed by atoms with Crippen molar-refractivity contribution in [2.45, 2.75) is 27.7 Å². The molecule has 1 heteroatoms. The van der Waals surface area contributed by atoms with Crippen LogP contribution < -0.4 is 0 Å². The minimum absolute atomic E-state index is 0.413. The van der Waals surface area contributed by atoms with Gasteiger partial charge in [-0.15, -0.1) is 0 Å². The first-order valence-corrected chi connectivity index (χ1v) is 15.2. The number of hydrogen-bond acceptors (Lipinski definition) is 1. The Hall–Kier alpha value is -5.01. The molecule has 0 aliphatic carbocycles. The van der Waals surface area contributed by atoms with Crippen LogP contribution in [0.5, 0.6) is 0 Å². The van der Waals surface area contributed by atoms with E-state index >= 15 is 0 Å². The molecule has 1 nitrogen and oxygen atoms in total. The largest absolute Gasteiger partial charge is 0.258 e. The SMILES string of the molecule is CC(=Nc1cc(-c2c3ccccc3c(-c3ccc(-c4cccc5ccccc45)cc3)c3ccccc23)ccc1C)C(C)C. The molecule has 0 fully saturated rings. The molecule has 0 unspecified atom stereocenters. The Labute approximate surface area is 254 Å². The number of rotatable bonds is 5. The Bertz CT molecular complexity index is 2100. The molecule has 0 aromatic heterocycles. The highest BCUT2D eigenvalue weighted by Crippen LogP contribution is 2.44. The van der Waals surface area contributed by atoms with Gasteiger partial charge < -0.3 is 0 Å². The quantitative estimate of drug-likeness (QED) is 0.148. The summed E-state index contributed by atoms with van der Waals surface area (Å²) in [5.41, 5.74) is 10.9. The summed E-state index contributed by atoms with van der Waals surface area (Å²) in [4.78, 5) is 5.04. The van der Waals surface area contributed by atoms with E-state index in [2.05, 4.69) is 161 Å². The van der Waals surface area contributed by atoms with Gasteiger partial charge in [-0.2, -0.15) is 0 Å². The summed E-state index contributed by atoms with van der Waals surface area (Å²) in [6, 6.07) is 48.8. The highest BCUT2D eigenvalue weighted by Gasteiger charge is 2.17. The van der Waals surface area contributed by atoms with Crippen molar-refractivity contribution >= 4 is 43.7 Å². The first kappa shape index (κ1) is 26.9. The predicted molar refractivity (Wildman–Crippen MR) is 188 cm³/mol. The first-order chi connectivity index (χ1) is 21.0. The van der Waals surface area contributed by atoms with Gasteiger partial charge in [0.05, 0.1) is 5.69 Å². The Morgan fingerprint density at radius 3 is 1.60 bits per heavy atom. The molecule has 43 heavy (non-hydrogen) atoms. The van der Waals surface area contributed by atoms with Gasteiger partial charge in [0.1, 0.15) is 0 Å². The molecule has 7 rings (SSSR count). The molecular formula is C42H35N. The van der Waals surface area contributed by atoms with Crippen LogP contribution in [0.1, 0.15) is 26.3 Å². The maximum Gasteiger partial charge on any atom is 0.0664 e. The average Bonchev–Trinajstić information content (AvgIpc) is 3.04. The Morgan fingerprint density at radius 2 is 1.00 bits per heavy atom. The molecule has 0 spiro atoms. The van der Waals surface area contributed by atoms with Gasteiger partial charge in [-0.1, -0.05) is 141 Å². The standard InChI is InChI=1S/C42H35N/c1-27(2)29(4)43-40-26-33(21-20-28(40)3)42-38-17-9-7-15-36(38)41(37-16-8-10-18-39(37)42)32-24-22-31(23-25-32)35-19-11-13-30-12-5-6-14-34(30)35/h5-27H,1-4H3. The number of aryl methyl sites for hydroxylation is 1. The molecule has 0 N–H and O–H groups in total. The van der Waals surface area contributed by atoms with Crippen molar-refractivity contribution < 1.29 is 0 Å². The molecule has 0 aliphatic rings. The summed E-state index contributed by atoms with van der Waals surface area (Å²) >= 11 is 0. The zero-order valence-corrected chi connectivity index (χ0v) is 25.2. The number of aliphatic imine (C=N–C) groups is 1. The van der Waals surface area contributed by atoms with E-state index in [1.165, 1.54) is 71.3 Å². The number of nitrogens with zero attached hydrogens (tertiary/aromatic N) is 1. The van der Waals surface area contributed by atoms with E-state index in [1.54, 1.807) is 0 Å². The van der Waals surface area contributed by atoms with Gasteiger partial charge in [-0.05, 0) is 97.1 Å². The van der Waals surface area contributed by atoms with Crippen molar-refractivity contribution in [3.8, 4) is 33.4 Å². The first-order valence-electron chi connectivity index (χ1n) is 15.2. The molecule has 0 bridgehead atoms. The summed E-state index contributed by atoms with van der Waals surface area (Å²) in [7, 11) is 0. The van der Waals surface area contributed by atoms with Crippen LogP contribution in [0.15, 0.2) is 138 Å². The highest BCUT2D eigenvalue weighted by atomic mass is 14.7. The number of benzene rings is 7. The van der Waals surface area contributed by atoms with Gasteiger partial charge in [-0.25, -0.2) is 0 Å². The van der Waals surface area contributed by atoms with Crippen LogP contribution in [0.4, 0.5) is 5.69 Å². The molecule has 7 aromatic rings. The molecule has 0 heterocycles. The summed E-state index contributed by atoms with van der Waals surface area (Å²) in [6.07, 6.45) is 0. The zero-order valence-electron chi connectivity index (χ0n) is 25.2. The van der Waals surface area contributed by atoms with Crippen molar-refractivity contribution in [2.75, 3.05) is 0 Å². The van der Waals surface area contributed by atoms with Crippen molar-refractivity contribution in [1.29, 1.82) is 0 Å². The normalized spacial score (nSPS) is 12.1. The third-order valence-corrected chi connectivity index (χ3v) is 8.84. The Kier molecular flexibility index (Phi) is 6.87. The fourth-order valence-corrected chi connectivity index (χ4v) is 6.25. The third-order valence-electron chi connectivity index (χ3n) is 8.84. The molecule has 0 saturated carbocycles. The van der Waals surface area contributed by atoms with E-state index in [-0.39, 0.29) is 0 Å². The number of hydrogen-bond donors (Lipinski definition) is 0. The van der Waals surface area contributed by atoms with Crippen molar-refractivity contribution in [1.82, 2.24) is 0 Å². The second kappa shape index (κ2) is 11.0. The lowest BCUT2D eigenvalue weighted by molar-refractivity contribution is 0.878. The van der Waals surface area contributed by atoms with E-state index in [0.717, 1.165) is 11.4 Å². The van der Waals surface area contributed by atoms with Crippen LogP contribution in [-0.4, -0.2) is 5.71 Å². The van der Waals surface area contributed by atoms with Crippen LogP contribution in [0.2, 0.25) is 0 Å². The fraction of sp³-hybridized carbons (Fsp3) is 0.119. The predicted octanol–water partition coefficient (Wildman–Crippen LogP) is 12.2. The molecular weight excluding hydrogens is 518 g/mol. The summed E-state index contributed by atoms with van der Waals surface area (Å²) in [5.74, 6) is 0.413. The van der Waals surface area contributed by atoms with E-state index < -0.39 is 0 Å². The molecule has 0 radical (unpaired) electrons. The summed E-state index contributed by atoms with van der Waals surface area (Å²) in [5, 5.41) is 7.59. The average molecular weight is 554 g/mol. The molecule has 0 atom stereocenters. The van der Waals surface area contributed by atoms with Crippen molar-refractivity contribution in [3.63, 3.8) is 0 Å². The van der Waals surface area contributed by atoms with Crippen LogP contribution >= 0.6 is 0 Å². The van der Waals surface area contributed by atoms with E-state index in [4.69, 9.17) is 4.99 Å². The van der Waals surface area contributed by atoms with Crippen LogP contribution in [0.25, 0.3) is 65.7 Å². The minimum Gasteiger partial charge on any atom is -0.258 e. The Balaban J connectivity index is 1.43. The molecule has 0 aliphatic heterocycles. The maximum atomic E-state index is 5.04. The summed E-state index contributed by atoms with van der Waals surface area (Å²) in [6.45, 7) is 8.68. The van der Waals surface area contributed by atoms with Crippen LogP contribution in [-0.2, 0) is 0 Å². The van der Waals surface area contributed by atoms with E-state index in [9.17, 15) is 0 Å². The lowest BCUT2D eigenvalue weighted by Crippen LogP contribution is -2.00. The lowest BCUT2D eigenvalue weighted by atomic mass is 9.85. The third kappa shape index (κ3) is 4.81. The lowest BCUT2D eigenvalue weighted by Gasteiger charge is -2.18. The second-order valence-electron chi connectivity index (χ2n) is 11.9. The second-order valence-corrected chi connectivity index (χ2v) is 11.9. The monoisotopic (exact) mass is 553 g/mol. The van der Waals surface area contributed by atoms with Crippen LogP contribution in [0.3, 0.4) is 0 Å². The Morgan fingerprint density at radius 1 is 0.512 bits per heavy atom. The summed E-state index contributed by atoms with van der Waals surface area (Å²) < 4.78 is 0. The van der Waals surface area contributed by atoms with Crippen molar-refractivity contribution in [3.05, 3.63) is 139 Å². The molecule has 0 amide bonds. The molecule has 208 valence electrons. The topological polar surface area (TPSA) is 12.4 Å². The van der Waals surface area contributed by atoms with Crippen LogP contribution in [0, 0.1) is 12.8 Å². The minimum atomic E-state index is 0.413.